The van der Waals surface area contributed by atoms with Crippen LogP contribution in [0.25, 0.3) is 0 Å². The van der Waals surface area contributed by atoms with E-state index in [1.165, 1.54) is 11.1 Å². The Labute approximate surface area is 242 Å². The van der Waals surface area contributed by atoms with Gasteiger partial charge < -0.3 is 24.7 Å². The van der Waals surface area contributed by atoms with Crippen molar-refractivity contribution in [1.29, 1.82) is 0 Å². The number of carbonyl (C=O) groups is 1. The van der Waals surface area contributed by atoms with Crippen molar-refractivity contribution in [2.24, 2.45) is 5.73 Å². The summed E-state index contributed by atoms with van der Waals surface area (Å²) in [6.45, 7) is 2.75. The second-order valence-corrected chi connectivity index (χ2v) is 9.73. The zero-order valence-corrected chi connectivity index (χ0v) is 23.9. The molecule has 0 aromatic heterocycles. The van der Waals surface area contributed by atoms with E-state index < -0.39 is 5.91 Å². The first-order valence-corrected chi connectivity index (χ1v) is 13.7. The molecule has 0 saturated carbocycles. The fraction of sp³-hybridized carbons (Fsp3) is 0.265. The molecule has 0 saturated heterocycles. The third-order valence-electron chi connectivity index (χ3n) is 7.02. The van der Waals surface area contributed by atoms with Crippen LogP contribution in [-0.2, 0) is 6.54 Å². The van der Waals surface area contributed by atoms with Crippen molar-refractivity contribution in [3.05, 3.63) is 119 Å². The van der Waals surface area contributed by atoms with E-state index in [0.29, 0.717) is 35.2 Å². The van der Waals surface area contributed by atoms with Crippen molar-refractivity contribution in [1.82, 2.24) is 4.90 Å². The Morgan fingerprint density at radius 1 is 0.732 bits per heavy atom. The quantitative estimate of drug-likeness (QED) is 0.184. The van der Waals surface area contributed by atoms with Gasteiger partial charge in [-0.1, -0.05) is 66.7 Å². The van der Waals surface area contributed by atoms with Gasteiger partial charge in [0.2, 0.25) is 5.91 Å². The molecule has 0 bridgehead atoms. The van der Waals surface area contributed by atoms with E-state index in [1.54, 1.807) is 39.5 Å². The number of primary amides is 1. The Bertz CT molecular complexity index is 1360. The Morgan fingerprint density at radius 2 is 1.32 bits per heavy atom. The summed E-state index contributed by atoms with van der Waals surface area (Å²) in [4.78, 5) is 14.1. The summed E-state index contributed by atoms with van der Waals surface area (Å²) >= 11 is 0. The highest BCUT2D eigenvalue weighted by atomic mass is 16.5. The molecule has 1 amide bonds. The number of hydrogen-bond donors (Lipinski definition) is 1. The highest BCUT2D eigenvalue weighted by molar-refractivity contribution is 5.93. The van der Waals surface area contributed by atoms with Crippen molar-refractivity contribution in [3.63, 3.8) is 0 Å². The average molecular weight is 555 g/mol. The highest BCUT2D eigenvalue weighted by Crippen LogP contribution is 2.31. The molecule has 4 aromatic rings. The highest BCUT2D eigenvalue weighted by Gasteiger charge is 2.19. The normalized spacial score (nSPS) is 11.0. The number of nitrogens with zero attached hydrogens (tertiary/aromatic N) is 1. The van der Waals surface area contributed by atoms with E-state index in [-0.39, 0.29) is 5.92 Å². The van der Waals surface area contributed by atoms with Crippen LogP contribution in [0.15, 0.2) is 97.1 Å². The molecule has 2 N–H and O–H groups in total. The van der Waals surface area contributed by atoms with E-state index in [1.807, 2.05) is 24.3 Å². The van der Waals surface area contributed by atoms with Gasteiger partial charge in [0.15, 0.2) is 23.0 Å². The molecule has 7 heteroatoms. The second-order valence-electron chi connectivity index (χ2n) is 9.73. The summed E-state index contributed by atoms with van der Waals surface area (Å²) in [5.74, 6) is 2.15. The Morgan fingerprint density at radius 3 is 1.90 bits per heavy atom. The zero-order chi connectivity index (χ0) is 29.0. The second kappa shape index (κ2) is 14.8. The van der Waals surface area contributed by atoms with Gasteiger partial charge in [-0.2, -0.15) is 0 Å². The standard InChI is InChI=1S/C34H38N2O5/c1-38-30-17-15-25(21-32(30)40-3)23-36(19-10-20-41-33-22-28(34(35)37)16-18-31(33)39-2)24-29(26-11-6-4-7-12-26)27-13-8-5-9-14-27/h4-9,11-18,21-22,29H,10,19-20,23-24H2,1-3H3,(H2,35,37). The topological polar surface area (TPSA) is 83.2 Å². The smallest absolute Gasteiger partial charge is 0.248 e. The number of hydrogen-bond acceptors (Lipinski definition) is 6. The fourth-order valence-electron chi connectivity index (χ4n) is 4.92. The molecule has 0 unspecified atom stereocenters. The maximum atomic E-state index is 11.7. The molecule has 7 nitrogen and oxygen atoms in total. The lowest BCUT2D eigenvalue weighted by atomic mass is 9.90. The molecule has 41 heavy (non-hydrogen) atoms. The summed E-state index contributed by atoms with van der Waals surface area (Å²) in [5.41, 5.74) is 9.50. The third kappa shape index (κ3) is 8.02. The number of nitrogens with two attached hydrogens (primary N) is 1. The van der Waals surface area contributed by atoms with E-state index in [4.69, 9.17) is 24.7 Å². The fourth-order valence-corrected chi connectivity index (χ4v) is 4.92. The molecule has 0 spiro atoms. The van der Waals surface area contributed by atoms with Crippen LogP contribution in [0.2, 0.25) is 0 Å². The average Bonchev–Trinajstić information content (AvgIpc) is 3.02. The number of rotatable bonds is 15. The lowest BCUT2D eigenvalue weighted by Crippen LogP contribution is -2.30. The van der Waals surface area contributed by atoms with Crippen LogP contribution < -0.4 is 24.7 Å². The lowest BCUT2D eigenvalue weighted by molar-refractivity contribution is 0.0999. The Kier molecular flexibility index (Phi) is 10.6. The summed E-state index contributed by atoms with van der Waals surface area (Å²) in [5, 5.41) is 0. The molecule has 4 aromatic carbocycles. The third-order valence-corrected chi connectivity index (χ3v) is 7.02. The number of ether oxygens (including phenoxy) is 4. The van der Waals surface area contributed by atoms with Gasteiger partial charge in [-0.15, -0.1) is 0 Å². The molecule has 0 fully saturated rings. The predicted molar refractivity (Wildman–Crippen MR) is 161 cm³/mol. The molecule has 0 aliphatic heterocycles. The molecule has 4 rings (SSSR count). The maximum Gasteiger partial charge on any atom is 0.248 e. The van der Waals surface area contributed by atoms with Gasteiger partial charge in [0.25, 0.3) is 0 Å². The van der Waals surface area contributed by atoms with Crippen molar-refractivity contribution in [2.75, 3.05) is 41.0 Å². The van der Waals surface area contributed by atoms with Crippen LogP contribution in [0.3, 0.4) is 0 Å². The summed E-state index contributed by atoms with van der Waals surface area (Å²) in [6.07, 6.45) is 0.757. The van der Waals surface area contributed by atoms with Gasteiger partial charge in [0.1, 0.15) is 0 Å². The zero-order valence-electron chi connectivity index (χ0n) is 23.9. The van der Waals surface area contributed by atoms with E-state index >= 15 is 0 Å². The van der Waals surface area contributed by atoms with Gasteiger partial charge in [-0.25, -0.2) is 0 Å². The van der Waals surface area contributed by atoms with Crippen LogP contribution in [0.1, 0.15) is 39.4 Å². The molecule has 0 heterocycles. The van der Waals surface area contributed by atoms with E-state index in [2.05, 4.69) is 59.5 Å². The number of benzene rings is 4. The summed E-state index contributed by atoms with van der Waals surface area (Å²) < 4.78 is 22.5. The minimum absolute atomic E-state index is 0.186. The van der Waals surface area contributed by atoms with Gasteiger partial charge in [0.05, 0.1) is 27.9 Å². The SMILES string of the molecule is COc1ccc(CN(CCCOc2cc(C(N)=O)ccc2OC)CC(c2ccccc2)c2ccccc2)cc1OC. The Hall–Kier alpha value is -4.49. The first kappa shape index (κ1) is 29.5. The number of carbonyl (C=O) groups excluding carboxylic acids is 1. The van der Waals surface area contributed by atoms with Crippen molar-refractivity contribution >= 4 is 5.91 Å². The van der Waals surface area contributed by atoms with Crippen LogP contribution in [-0.4, -0.2) is 51.8 Å². The molecular weight excluding hydrogens is 516 g/mol. The van der Waals surface area contributed by atoms with Crippen LogP contribution in [0, 0.1) is 0 Å². The molecule has 0 atom stereocenters. The predicted octanol–water partition coefficient (Wildman–Crippen LogP) is 5.91. The molecular formula is C34H38N2O5. The maximum absolute atomic E-state index is 11.7. The first-order valence-electron chi connectivity index (χ1n) is 13.7. The van der Waals surface area contributed by atoms with E-state index in [9.17, 15) is 4.79 Å². The van der Waals surface area contributed by atoms with Crippen LogP contribution in [0.5, 0.6) is 23.0 Å². The van der Waals surface area contributed by atoms with Gasteiger partial charge in [-0.3, -0.25) is 9.69 Å². The lowest BCUT2D eigenvalue weighted by Gasteiger charge is -2.29. The molecule has 0 radical (unpaired) electrons. The minimum atomic E-state index is -0.508. The largest absolute Gasteiger partial charge is 0.493 e. The van der Waals surface area contributed by atoms with E-state index in [0.717, 1.165) is 31.6 Å². The first-order chi connectivity index (χ1) is 20.0. The monoisotopic (exact) mass is 554 g/mol. The van der Waals surface area contributed by atoms with Crippen LogP contribution in [0.4, 0.5) is 0 Å². The summed E-state index contributed by atoms with van der Waals surface area (Å²) in [7, 11) is 4.87. The molecule has 0 aliphatic carbocycles. The van der Waals surface area contributed by atoms with Gasteiger partial charge in [0, 0.05) is 31.1 Å². The van der Waals surface area contributed by atoms with Crippen molar-refractivity contribution < 1.29 is 23.7 Å². The van der Waals surface area contributed by atoms with Crippen molar-refractivity contribution in [2.45, 2.75) is 18.9 Å². The van der Waals surface area contributed by atoms with Crippen molar-refractivity contribution in [3.8, 4) is 23.0 Å². The number of methoxy groups -OCH3 is 3. The van der Waals surface area contributed by atoms with Gasteiger partial charge in [-0.05, 0) is 53.4 Å². The summed E-state index contributed by atoms with van der Waals surface area (Å²) in [6, 6.07) is 32.2. The van der Waals surface area contributed by atoms with Crippen LogP contribution >= 0.6 is 0 Å². The molecule has 0 aliphatic rings. The number of amides is 1. The van der Waals surface area contributed by atoms with Gasteiger partial charge >= 0.3 is 0 Å². The Balaban J connectivity index is 1.54. The molecule has 214 valence electrons. The minimum Gasteiger partial charge on any atom is -0.493 e.